The Bertz CT molecular complexity index is 687. The highest BCUT2D eigenvalue weighted by atomic mass is 35.5. The van der Waals surface area contributed by atoms with Crippen molar-refractivity contribution in [2.75, 3.05) is 39.0 Å². The molecule has 2 rings (SSSR count). The van der Waals surface area contributed by atoms with Crippen LogP contribution in [0.1, 0.15) is 13.8 Å². The molecule has 0 aliphatic carbocycles. The predicted octanol–water partition coefficient (Wildman–Crippen LogP) is 1.80. The lowest BCUT2D eigenvalue weighted by molar-refractivity contribution is 0.313. The number of halogens is 1. The summed E-state index contributed by atoms with van der Waals surface area (Å²) in [5.74, 6) is 1.58. The van der Waals surface area contributed by atoms with E-state index in [4.69, 9.17) is 16.3 Å². The van der Waals surface area contributed by atoms with Crippen molar-refractivity contribution >= 4 is 27.4 Å². The molecule has 0 saturated carbocycles. The van der Waals surface area contributed by atoms with Crippen LogP contribution in [0, 0.1) is 0 Å². The maximum atomic E-state index is 12.1. The van der Waals surface area contributed by atoms with Crippen molar-refractivity contribution in [2.45, 2.75) is 18.6 Å². The molecule has 0 bridgehead atoms. The van der Waals surface area contributed by atoms with Gasteiger partial charge in [-0.3, -0.25) is 4.99 Å². The van der Waals surface area contributed by atoms with E-state index in [1.165, 1.54) is 0 Å². The highest BCUT2D eigenvalue weighted by molar-refractivity contribution is 7.92. The number of aliphatic imine (C=N–C) groups is 1. The number of nitrogens with zero attached hydrogens (tertiary/aromatic N) is 2. The molecule has 0 aromatic heterocycles. The molecule has 1 heterocycles. The average Bonchev–Trinajstić information content (AvgIpc) is 2.52. The van der Waals surface area contributed by atoms with Gasteiger partial charge in [0.2, 0.25) is 0 Å². The molecule has 1 aliphatic heterocycles. The molecule has 0 spiro atoms. The van der Waals surface area contributed by atoms with Crippen molar-refractivity contribution < 1.29 is 13.2 Å². The molecule has 1 N–H and O–H groups in total. The van der Waals surface area contributed by atoms with Gasteiger partial charge in [-0.2, -0.15) is 0 Å². The molecule has 0 amide bonds. The minimum atomic E-state index is -3.06. The van der Waals surface area contributed by atoms with Crippen LogP contribution in [0.3, 0.4) is 0 Å². The third-order valence-electron chi connectivity index (χ3n) is 4.02. The number of ether oxygens (including phenoxy) is 1. The summed E-state index contributed by atoms with van der Waals surface area (Å²) in [6.07, 6.45) is 0. The van der Waals surface area contributed by atoms with Gasteiger partial charge >= 0.3 is 0 Å². The van der Waals surface area contributed by atoms with Gasteiger partial charge in [0.25, 0.3) is 0 Å². The van der Waals surface area contributed by atoms with Crippen LogP contribution in [-0.2, 0) is 9.84 Å². The van der Waals surface area contributed by atoms with Crippen LogP contribution in [0.4, 0.5) is 0 Å². The van der Waals surface area contributed by atoms with Gasteiger partial charge in [0.15, 0.2) is 15.8 Å². The van der Waals surface area contributed by atoms with Crippen molar-refractivity contribution in [1.82, 2.24) is 10.2 Å². The topological polar surface area (TPSA) is 71.0 Å². The Hall–Kier alpha value is -1.47. The second-order valence-corrected chi connectivity index (χ2v) is 9.46. The first-order valence-corrected chi connectivity index (χ1v) is 9.84. The smallest absolute Gasteiger partial charge is 0.193 e. The van der Waals surface area contributed by atoms with Crippen LogP contribution in [0.5, 0.6) is 5.75 Å². The summed E-state index contributed by atoms with van der Waals surface area (Å²) in [6, 6.07) is 7.18. The molecule has 24 heavy (non-hydrogen) atoms. The van der Waals surface area contributed by atoms with Crippen molar-refractivity contribution in [3.63, 3.8) is 0 Å². The van der Waals surface area contributed by atoms with E-state index >= 15 is 0 Å². The van der Waals surface area contributed by atoms with Crippen LogP contribution in [-0.4, -0.2) is 63.1 Å². The lowest BCUT2D eigenvalue weighted by Crippen LogP contribution is -2.57. The van der Waals surface area contributed by atoms with Gasteiger partial charge in [-0.15, -0.1) is 0 Å². The maximum Gasteiger partial charge on any atom is 0.193 e. The minimum Gasteiger partial charge on any atom is -0.492 e. The lowest BCUT2D eigenvalue weighted by atomic mass is 10.2. The van der Waals surface area contributed by atoms with E-state index in [1.54, 1.807) is 33.0 Å². The molecule has 0 atom stereocenters. The SMILES string of the molecule is CN=C(NCCOc1ccc(Cl)cc1)N1CCS(=O)(=O)C(C)(C)C1. The monoisotopic (exact) mass is 373 g/mol. The minimum absolute atomic E-state index is 0.141. The van der Waals surface area contributed by atoms with E-state index in [9.17, 15) is 8.42 Å². The molecular formula is C16H24ClN3O3S. The molecule has 1 aromatic rings. The van der Waals surface area contributed by atoms with Gasteiger partial charge in [-0.25, -0.2) is 8.42 Å². The summed E-state index contributed by atoms with van der Waals surface area (Å²) in [7, 11) is -1.37. The number of rotatable bonds is 4. The van der Waals surface area contributed by atoms with Crippen molar-refractivity contribution in [2.24, 2.45) is 4.99 Å². The normalized spacial score (nSPS) is 19.8. The molecule has 8 heteroatoms. The second-order valence-electron chi connectivity index (χ2n) is 6.28. The molecule has 1 aliphatic rings. The predicted molar refractivity (Wildman–Crippen MR) is 97.7 cm³/mol. The summed E-state index contributed by atoms with van der Waals surface area (Å²) in [4.78, 5) is 6.22. The maximum absolute atomic E-state index is 12.1. The van der Waals surface area contributed by atoms with Crippen LogP contribution < -0.4 is 10.1 Å². The standard InChI is InChI=1S/C16H24ClN3O3S/c1-16(2)12-20(9-11-24(16,21)22)15(18-3)19-8-10-23-14-6-4-13(17)5-7-14/h4-7H,8-12H2,1-3H3,(H,18,19). The zero-order valence-corrected chi connectivity index (χ0v) is 15.8. The van der Waals surface area contributed by atoms with E-state index < -0.39 is 14.6 Å². The molecule has 0 unspecified atom stereocenters. The van der Waals surface area contributed by atoms with E-state index in [0.29, 0.717) is 37.2 Å². The quantitative estimate of drug-likeness (QED) is 0.495. The van der Waals surface area contributed by atoms with Crippen LogP contribution in [0.25, 0.3) is 0 Å². The fraction of sp³-hybridized carbons (Fsp3) is 0.562. The van der Waals surface area contributed by atoms with Gasteiger partial charge in [0.1, 0.15) is 12.4 Å². The highest BCUT2D eigenvalue weighted by Gasteiger charge is 2.40. The van der Waals surface area contributed by atoms with Gasteiger partial charge < -0.3 is 15.0 Å². The lowest BCUT2D eigenvalue weighted by Gasteiger charge is -2.39. The van der Waals surface area contributed by atoms with Gasteiger partial charge in [0.05, 0.1) is 17.0 Å². The summed E-state index contributed by atoms with van der Waals surface area (Å²) in [5.41, 5.74) is 0. The average molecular weight is 374 g/mol. The number of guanidine groups is 1. The fourth-order valence-electron chi connectivity index (χ4n) is 2.52. The molecule has 6 nitrogen and oxygen atoms in total. The Balaban J connectivity index is 1.84. The summed E-state index contributed by atoms with van der Waals surface area (Å²) < 4.78 is 29.0. The zero-order valence-electron chi connectivity index (χ0n) is 14.3. The third kappa shape index (κ3) is 4.54. The van der Waals surface area contributed by atoms with E-state index in [0.717, 1.165) is 5.75 Å². The fourth-order valence-corrected chi connectivity index (χ4v) is 4.01. The van der Waals surface area contributed by atoms with Crippen molar-refractivity contribution in [3.05, 3.63) is 29.3 Å². The van der Waals surface area contributed by atoms with Crippen LogP contribution in [0.15, 0.2) is 29.3 Å². The number of hydrogen-bond donors (Lipinski definition) is 1. The van der Waals surface area contributed by atoms with Gasteiger partial charge in [-0.05, 0) is 38.1 Å². The first-order chi connectivity index (χ1) is 11.2. The molecule has 0 radical (unpaired) electrons. The number of nitrogens with one attached hydrogen (secondary N) is 1. The van der Waals surface area contributed by atoms with E-state index in [1.807, 2.05) is 17.0 Å². The van der Waals surface area contributed by atoms with Crippen LogP contribution in [0.2, 0.25) is 5.02 Å². The highest BCUT2D eigenvalue weighted by Crippen LogP contribution is 2.23. The summed E-state index contributed by atoms with van der Waals surface area (Å²) >= 11 is 5.83. The first-order valence-electron chi connectivity index (χ1n) is 7.81. The number of benzene rings is 1. The largest absolute Gasteiger partial charge is 0.492 e. The Kier molecular flexibility index (Phi) is 5.98. The molecule has 1 fully saturated rings. The Morgan fingerprint density at radius 3 is 2.62 bits per heavy atom. The molecule has 134 valence electrons. The van der Waals surface area contributed by atoms with Crippen molar-refractivity contribution in [1.29, 1.82) is 0 Å². The first kappa shape index (κ1) is 18.9. The molecular weight excluding hydrogens is 350 g/mol. The Labute approximate surface area is 148 Å². The number of hydrogen-bond acceptors (Lipinski definition) is 4. The second kappa shape index (κ2) is 7.61. The van der Waals surface area contributed by atoms with Gasteiger partial charge in [-0.1, -0.05) is 11.6 Å². The molecule has 1 aromatic carbocycles. The number of sulfone groups is 1. The third-order valence-corrected chi connectivity index (χ3v) is 6.81. The summed E-state index contributed by atoms with van der Waals surface area (Å²) in [6.45, 7) is 5.42. The molecule has 1 saturated heterocycles. The van der Waals surface area contributed by atoms with Crippen LogP contribution >= 0.6 is 11.6 Å². The Morgan fingerprint density at radius 2 is 2.04 bits per heavy atom. The summed E-state index contributed by atoms with van der Waals surface area (Å²) in [5, 5.41) is 3.89. The van der Waals surface area contributed by atoms with Gasteiger partial charge in [0, 0.05) is 25.2 Å². The Morgan fingerprint density at radius 1 is 1.38 bits per heavy atom. The zero-order chi connectivity index (χ0) is 17.8. The van der Waals surface area contributed by atoms with E-state index in [2.05, 4.69) is 10.3 Å². The van der Waals surface area contributed by atoms with Crippen molar-refractivity contribution in [3.8, 4) is 5.75 Å². The van der Waals surface area contributed by atoms with E-state index in [-0.39, 0.29) is 5.75 Å².